The van der Waals surface area contributed by atoms with Crippen molar-refractivity contribution in [3.8, 4) is 0 Å². The van der Waals surface area contributed by atoms with Gasteiger partial charge in [0.2, 0.25) is 0 Å². The molecule has 3 rings (SSSR count). The molecule has 1 aromatic heterocycles. The number of nitrogens with two attached hydrogens (primary N) is 1. The van der Waals surface area contributed by atoms with Crippen LogP contribution in [0.25, 0.3) is 0 Å². The van der Waals surface area contributed by atoms with E-state index in [1.807, 2.05) is 0 Å². The van der Waals surface area contributed by atoms with E-state index < -0.39 is 89.4 Å². The first kappa shape index (κ1) is 37.7. The predicted octanol–water partition coefficient (Wildman–Crippen LogP) is 2.35. The highest BCUT2D eigenvalue weighted by Crippen LogP contribution is 2.31. The number of para-hydroxylation sites is 1. The van der Waals surface area contributed by atoms with E-state index in [0.717, 1.165) is 11.0 Å². The average Bonchev–Trinajstić information content (AvgIpc) is 3.43. The molecule has 4 N–H and O–H groups in total. The predicted molar refractivity (Wildman–Crippen MR) is 166 cm³/mol. The summed E-state index contributed by atoms with van der Waals surface area (Å²) in [6.45, 7) is 4.43. The number of carboxylic acids is 1. The first-order valence-corrected chi connectivity index (χ1v) is 15.2. The van der Waals surface area contributed by atoms with Crippen molar-refractivity contribution < 1.29 is 42.3 Å². The zero-order chi connectivity index (χ0) is 36.3. The van der Waals surface area contributed by atoms with E-state index in [4.69, 9.17) is 5.73 Å². The van der Waals surface area contributed by atoms with Crippen LogP contribution in [-0.2, 0) is 32.3 Å². The van der Waals surface area contributed by atoms with Crippen LogP contribution in [0.4, 0.5) is 29.5 Å². The van der Waals surface area contributed by atoms with E-state index in [-0.39, 0.29) is 17.3 Å². The molecule has 48 heavy (non-hydrogen) atoms. The van der Waals surface area contributed by atoms with Crippen molar-refractivity contribution in [1.82, 2.24) is 18.9 Å². The molecule has 0 saturated carbocycles. The number of Topliss-reactive ketones (excluding diaryl/α,β-unsaturated/α-hetero) is 2. The van der Waals surface area contributed by atoms with Gasteiger partial charge < -0.3 is 21.1 Å². The molecule has 1 aliphatic heterocycles. The number of rotatable bonds is 12. The van der Waals surface area contributed by atoms with Gasteiger partial charge in [0.15, 0.2) is 11.3 Å². The maximum Gasteiger partial charge on any atom is 0.452 e. The third-order valence-electron chi connectivity index (χ3n) is 8.33. The summed E-state index contributed by atoms with van der Waals surface area (Å²) in [5, 5.41) is 12.2. The van der Waals surface area contributed by atoms with Crippen molar-refractivity contribution in [3.05, 3.63) is 57.2 Å². The SMILES string of the molecule is CC(C)[C@@H](C(=O)C(F)(F)F)N(C(=O)N1CCC[C@H]1C)C(=O)[C@](N)(C(=O)Cn1c(=O)cc(Nc2ccccc2)n(CC(=O)O)c1=O)C(C)C. The molecule has 0 spiro atoms. The lowest BCUT2D eigenvalue weighted by Crippen LogP contribution is -2.70. The van der Waals surface area contributed by atoms with Crippen LogP contribution < -0.4 is 22.3 Å². The molecule has 2 heterocycles. The smallest absolute Gasteiger partial charge is 0.452 e. The van der Waals surface area contributed by atoms with Crippen molar-refractivity contribution in [3.63, 3.8) is 0 Å². The van der Waals surface area contributed by atoms with Crippen LogP contribution >= 0.6 is 0 Å². The van der Waals surface area contributed by atoms with Crippen LogP contribution in [0.3, 0.4) is 0 Å². The number of ketones is 2. The van der Waals surface area contributed by atoms with Gasteiger partial charge in [-0.3, -0.25) is 38.0 Å². The van der Waals surface area contributed by atoms with Crippen molar-refractivity contribution in [2.24, 2.45) is 17.6 Å². The van der Waals surface area contributed by atoms with Crippen molar-refractivity contribution in [1.29, 1.82) is 0 Å². The summed E-state index contributed by atoms with van der Waals surface area (Å²) in [5.74, 6) is -9.59. The van der Waals surface area contributed by atoms with E-state index in [2.05, 4.69) is 5.32 Å². The van der Waals surface area contributed by atoms with Gasteiger partial charge in [-0.15, -0.1) is 0 Å². The molecule has 0 radical (unpaired) electrons. The summed E-state index contributed by atoms with van der Waals surface area (Å²) < 4.78 is 42.6. The van der Waals surface area contributed by atoms with Gasteiger partial charge >= 0.3 is 23.9 Å². The number of anilines is 2. The standard InChI is InChI=1S/C31H39F3N6O8/c1-17(2)25(26(45)31(32,33)34)40(29(48)37-13-9-10-19(37)5)27(46)30(35,18(3)4)21(41)15-39-23(42)14-22(36-20-11-7-6-8-12-20)38(28(39)47)16-24(43)44/h6-8,11-12,14,17-19,25,36H,9-10,13,15-16,35H2,1-5H3,(H,43,44)/t19-,25+,30-/m1/s1. The Morgan fingerprint density at radius 3 is 2.10 bits per heavy atom. The minimum absolute atomic E-state index is 0.0594. The summed E-state index contributed by atoms with van der Waals surface area (Å²) >= 11 is 0. The minimum Gasteiger partial charge on any atom is -0.480 e. The molecule has 262 valence electrons. The second-order valence-electron chi connectivity index (χ2n) is 12.3. The Labute approximate surface area is 273 Å². The van der Waals surface area contributed by atoms with Gasteiger partial charge in [-0.05, 0) is 43.7 Å². The number of benzene rings is 1. The summed E-state index contributed by atoms with van der Waals surface area (Å²) in [6, 6.07) is 4.80. The van der Waals surface area contributed by atoms with E-state index in [1.54, 1.807) is 37.3 Å². The van der Waals surface area contributed by atoms with Crippen LogP contribution in [0.1, 0.15) is 47.5 Å². The number of imide groups is 1. The number of amides is 3. The van der Waals surface area contributed by atoms with Crippen LogP contribution in [0.5, 0.6) is 0 Å². The monoisotopic (exact) mass is 680 g/mol. The van der Waals surface area contributed by atoms with E-state index in [1.165, 1.54) is 27.7 Å². The highest BCUT2D eigenvalue weighted by atomic mass is 19.4. The molecule has 2 aromatic rings. The van der Waals surface area contributed by atoms with Gasteiger partial charge in [0.05, 0.1) is 6.54 Å². The highest BCUT2D eigenvalue weighted by molar-refractivity contribution is 6.16. The van der Waals surface area contributed by atoms with Gasteiger partial charge in [0.1, 0.15) is 18.4 Å². The van der Waals surface area contributed by atoms with Crippen LogP contribution in [0.2, 0.25) is 0 Å². The number of carboxylic acid groups (broad SMARTS) is 1. The molecule has 3 amide bonds. The van der Waals surface area contributed by atoms with Gasteiger partial charge in [-0.25, -0.2) is 9.59 Å². The zero-order valence-electron chi connectivity index (χ0n) is 27.1. The maximum atomic E-state index is 14.3. The maximum absolute atomic E-state index is 14.3. The molecule has 0 aliphatic carbocycles. The Bertz CT molecular complexity index is 1690. The number of hydrogen-bond acceptors (Lipinski definition) is 9. The van der Waals surface area contributed by atoms with Gasteiger partial charge in [-0.2, -0.15) is 13.2 Å². The van der Waals surface area contributed by atoms with Crippen LogP contribution in [0.15, 0.2) is 46.0 Å². The Balaban J connectivity index is 2.16. The number of nitrogens with one attached hydrogen (secondary N) is 1. The fraction of sp³-hybridized carbons (Fsp3) is 0.516. The lowest BCUT2D eigenvalue weighted by atomic mass is 9.80. The molecular formula is C31H39F3N6O8. The van der Waals surface area contributed by atoms with Crippen molar-refractivity contribution >= 4 is 41.0 Å². The fourth-order valence-corrected chi connectivity index (χ4v) is 5.56. The number of nitrogens with zero attached hydrogens (tertiary/aromatic N) is 4. The van der Waals surface area contributed by atoms with Crippen molar-refractivity contribution in [2.75, 3.05) is 11.9 Å². The normalized spacial score (nSPS) is 16.8. The van der Waals surface area contributed by atoms with Crippen LogP contribution in [0, 0.1) is 11.8 Å². The lowest BCUT2D eigenvalue weighted by Gasteiger charge is -2.41. The van der Waals surface area contributed by atoms with E-state index >= 15 is 0 Å². The molecule has 1 fully saturated rings. The number of hydrogen-bond donors (Lipinski definition) is 3. The van der Waals surface area contributed by atoms with Crippen LogP contribution in [-0.4, -0.2) is 83.9 Å². The Morgan fingerprint density at radius 2 is 1.62 bits per heavy atom. The topological polar surface area (TPSA) is 194 Å². The number of halogens is 3. The highest BCUT2D eigenvalue weighted by Gasteiger charge is 2.56. The number of urea groups is 1. The first-order valence-electron chi connectivity index (χ1n) is 15.2. The number of aromatic nitrogens is 2. The largest absolute Gasteiger partial charge is 0.480 e. The number of aliphatic carboxylic acids is 1. The summed E-state index contributed by atoms with van der Waals surface area (Å²) in [4.78, 5) is 94.4. The van der Waals surface area contributed by atoms with Gasteiger partial charge in [0.25, 0.3) is 17.2 Å². The van der Waals surface area contributed by atoms with E-state index in [9.17, 15) is 51.8 Å². The second kappa shape index (κ2) is 14.5. The molecular weight excluding hydrogens is 641 g/mol. The molecule has 0 bridgehead atoms. The summed E-state index contributed by atoms with van der Waals surface area (Å²) in [7, 11) is 0. The van der Waals surface area contributed by atoms with E-state index in [0.29, 0.717) is 27.7 Å². The number of alkyl halides is 3. The third kappa shape index (κ3) is 7.67. The molecule has 17 heteroatoms. The molecule has 0 unspecified atom stereocenters. The van der Waals surface area contributed by atoms with Gasteiger partial charge in [-0.1, -0.05) is 45.9 Å². The minimum atomic E-state index is -5.47. The number of carbonyl (C=O) groups excluding carboxylic acids is 4. The number of likely N-dealkylation sites (tertiary alicyclic amines) is 1. The summed E-state index contributed by atoms with van der Waals surface area (Å²) in [5.41, 5.74) is 1.59. The Hall–Kier alpha value is -4.80. The lowest BCUT2D eigenvalue weighted by molar-refractivity contribution is -0.179. The molecule has 3 atom stereocenters. The van der Waals surface area contributed by atoms with Crippen molar-refractivity contribution in [2.45, 2.75) is 84.3 Å². The summed E-state index contributed by atoms with van der Waals surface area (Å²) in [6.07, 6.45) is -4.54. The average molecular weight is 681 g/mol. The molecule has 1 aromatic carbocycles. The number of carbonyl (C=O) groups is 5. The molecule has 1 saturated heterocycles. The Morgan fingerprint density at radius 1 is 1.02 bits per heavy atom. The first-order chi connectivity index (χ1) is 22.2. The fourth-order valence-electron chi connectivity index (χ4n) is 5.56. The van der Waals surface area contributed by atoms with Gasteiger partial charge in [0, 0.05) is 24.3 Å². The quantitative estimate of drug-likeness (QED) is 0.280. The zero-order valence-corrected chi connectivity index (χ0v) is 27.1. The molecule has 14 nitrogen and oxygen atoms in total. The Kier molecular flexibility index (Phi) is 11.4. The molecule has 1 aliphatic rings. The second-order valence-corrected chi connectivity index (χ2v) is 12.3. The third-order valence-corrected chi connectivity index (χ3v) is 8.33.